The van der Waals surface area contributed by atoms with Crippen LogP contribution in [0, 0.1) is 5.92 Å². The zero-order valence-electron chi connectivity index (χ0n) is 13.3. The number of methoxy groups -OCH3 is 1. The third-order valence-corrected chi connectivity index (χ3v) is 3.30. The van der Waals surface area contributed by atoms with E-state index < -0.39 is 0 Å². The molecule has 0 bridgehead atoms. The lowest BCUT2D eigenvalue weighted by Gasteiger charge is -2.16. The molecular formula is C17H29NO2. The van der Waals surface area contributed by atoms with E-state index in [-0.39, 0.29) is 0 Å². The number of nitrogens with one attached hydrogen (secondary N) is 1. The summed E-state index contributed by atoms with van der Waals surface area (Å²) < 4.78 is 11.0. The van der Waals surface area contributed by atoms with Gasteiger partial charge in [-0.1, -0.05) is 32.0 Å². The molecule has 0 saturated carbocycles. The van der Waals surface area contributed by atoms with E-state index in [4.69, 9.17) is 9.47 Å². The van der Waals surface area contributed by atoms with Gasteiger partial charge in [-0.25, -0.2) is 0 Å². The highest BCUT2D eigenvalue weighted by Gasteiger charge is 2.07. The summed E-state index contributed by atoms with van der Waals surface area (Å²) in [5.41, 5.74) is 1.25. The van der Waals surface area contributed by atoms with Crippen LogP contribution in [0.5, 0.6) is 5.75 Å². The lowest BCUT2D eigenvalue weighted by atomic mass is 10.1. The van der Waals surface area contributed by atoms with Gasteiger partial charge >= 0.3 is 0 Å². The molecular weight excluding hydrogens is 250 g/mol. The third-order valence-electron chi connectivity index (χ3n) is 3.30. The maximum Gasteiger partial charge on any atom is 0.122 e. The highest BCUT2D eigenvalue weighted by Crippen LogP contribution is 2.18. The van der Waals surface area contributed by atoms with Crippen molar-refractivity contribution in [1.82, 2.24) is 5.32 Å². The van der Waals surface area contributed by atoms with Gasteiger partial charge in [0.25, 0.3) is 0 Å². The van der Waals surface area contributed by atoms with Crippen molar-refractivity contribution in [2.45, 2.75) is 39.7 Å². The monoisotopic (exact) mass is 279 g/mol. The first-order valence-corrected chi connectivity index (χ1v) is 7.56. The summed E-state index contributed by atoms with van der Waals surface area (Å²) in [4.78, 5) is 0. The maximum atomic E-state index is 5.60. The van der Waals surface area contributed by atoms with Crippen molar-refractivity contribution >= 4 is 0 Å². The van der Waals surface area contributed by atoms with Crippen molar-refractivity contribution in [3.63, 3.8) is 0 Å². The van der Waals surface area contributed by atoms with Crippen LogP contribution < -0.4 is 10.1 Å². The van der Waals surface area contributed by atoms with Gasteiger partial charge in [-0.3, -0.25) is 0 Å². The molecule has 0 aliphatic rings. The minimum Gasteiger partial charge on any atom is -0.496 e. The van der Waals surface area contributed by atoms with Crippen LogP contribution >= 0.6 is 0 Å². The van der Waals surface area contributed by atoms with Gasteiger partial charge in [-0.2, -0.15) is 0 Å². The highest BCUT2D eigenvalue weighted by atomic mass is 16.5. The smallest absolute Gasteiger partial charge is 0.122 e. The molecule has 0 aliphatic heterocycles. The standard InChI is InChI=1S/C17H29NO2/c1-14(2)9-11-20-12-10-18-15(3)13-16-7-5-6-8-17(16)19-4/h5-8,14-15,18H,9-13H2,1-4H3. The molecule has 20 heavy (non-hydrogen) atoms. The fourth-order valence-electron chi connectivity index (χ4n) is 2.07. The molecule has 0 radical (unpaired) electrons. The Hall–Kier alpha value is -1.06. The second kappa shape index (κ2) is 9.78. The van der Waals surface area contributed by atoms with Crippen LogP contribution in [0.2, 0.25) is 0 Å². The zero-order chi connectivity index (χ0) is 14.8. The van der Waals surface area contributed by atoms with E-state index in [2.05, 4.69) is 38.2 Å². The van der Waals surface area contributed by atoms with E-state index in [1.54, 1.807) is 7.11 Å². The Labute approximate surface area is 123 Å². The van der Waals surface area contributed by atoms with Crippen molar-refractivity contribution in [1.29, 1.82) is 0 Å². The van der Waals surface area contributed by atoms with Gasteiger partial charge in [0.05, 0.1) is 13.7 Å². The minimum atomic E-state index is 0.417. The number of rotatable bonds is 10. The number of para-hydroxylation sites is 1. The van der Waals surface area contributed by atoms with Gasteiger partial charge in [0, 0.05) is 19.2 Å². The van der Waals surface area contributed by atoms with Gasteiger partial charge in [0.1, 0.15) is 5.75 Å². The average molecular weight is 279 g/mol. The Morgan fingerprint density at radius 2 is 1.85 bits per heavy atom. The summed E-state index contributed by atoms with van der Waals surface area (Å²) in [5.74, 6) is 1.68. The molecule has 1 aromatic rings. The van der Waals surface area contributed by atoms with Crippen molar-refractivity contribution in [3.8, 4) is 5.75 Å². The van der Waals surface area contributed by atoms with Gasteiger partial charge in [-0.05, 0) is 37.3 Å². The van der Waals surface area contributed by atoms with Crippen molar-refractivity contribution in [2.75, 3.05) is 26.9 Å². The van der Waals surface area contributed by atoms with E-state index in [1.165, 1.54) is 5.56 Å². The summed E-state index contributed by atoms with van der Waals surface area (Å²) in [6, 6.07) is 8.61. The molecule has 1 aromatic carbocycles. The van der Waals surface area contributed by atoms with Crippen molar-refractivity contribution in [2.24, 2.45) is 5.92 Å². The third kappa shape index (κ3) is 6.92. The number of hydrogen-bond donors (Lipinski definition) is 1. The van der Waals surface area contributed by atoms with Gasteiger partial charge in [0.15, 0.2) is 0 Å². The summed E-state index contributed by atoms with van der Waals surface area (Å²) >= 11 is 0. The molecule has 0 fully saturated rings. The van der Waals surface area contributed by atoms with Crippen LogP contribution in [-0.2, 0) is 11.2 Å². The molecule has 1 rings (SSSR count). The van der Waals surface area contributed by atoms with Crippen molar-refractivity contribution in [3.05, 3.63) is 29.8 Å². The predicted octanol–water partition coefficient (Wildman–Crippen LogP) is 3.28. The Kier molecular flexibility index (Phi) is 8.31. The molecule has 0 aliphatic carbocycles. The van der Waals surface area contributed by atoms with Crippen LogP contribution in [0.25, 0.3) is 0 Å². The summed E-state index contributed by atoms with van der Waals surface area (Å²) in [6.45, 7) is 9.17. The molecule has 0 amide bonds. The first-order valence-electron chi connectivity index (χ1n) is 7.56. The van der Waals surface area contributed by atoms with Crippen molar-refractivity contribution < 1.29 is 9.47 Å². The SMILES string of the molecule is COc1ccccc1CC(C)NCCOCCC(C)C. The van der Waals surface area contributed by atoms with E-state index >= 15 is 0 Å². The van der Waals surface area contributed by atoms with Gasteiger partial charge in [-0.15, -0.1) is 0 Å². The van der Waals surface area contributed by atoms with Crippen LogP contribution in [0.15, 0.2) is 24.3 Å². The van der Waals surface area contributed by atoms with Crippen LogP contribution in [0.3, 0.4) is 0 Å². The molecule has 1 N–H and O–H groups in total. The Morgan fingerprint density at radius 1 is 1.10 bits per heavy atom. The first kappa shape index (κ1) is 17.0. The normalized spacial score (nSPS) is 12.7. The molecule has 0 saturated heterocycles. The fourth-order valence-corrected chi connectivity index (χ4v) is 2.07. The summed E-state index contributed by atoms with van der Waals surface area (Å²) in [6.07, 6.45) is 2.10. The summed E-state index contributed by atoms with van der Waals surface area (Å²) in [7, 11) is 1.72. The quantitative estimate of drug-likeness (QED) is 0.667. The Bertz CT molecular complexity index is 366. The lowest BCUT2D eigenvalue weighted by molar-refractivity contribution is 0.123. The summed E-state index contributed by atoms with van der Waals surface area (Å²) in [5, 5.41) is 3.49. The lowest BCUT2D eigenvalue weighted by Crippen LogP contribution is -2.31. The van der Waals surface area contributed by atoms with E-state index in [0.29, 0.717) is 12.0 Å². The number of benzene rings is 1. The second-order valence-electron chi connectivity index (χ2n) is 5.67. The highest BCUT2D eigenvalue weighted by molar-refractivity contribution is 5.33. The topological polar surface area (TPSA) is 30.5 Å². The molecule has 0 aromatic heterocycles. The molecule has 0 spiro atoms. The number of ether oxygens (including phenoxy) is 2. The molecule has 114 valence electrons. The van der Waals surface area contributed by atoms with E-state index in [0.717, 1.165) is 38.3 Å². The fraction of sp³-hybridized carbons (Fsp3) is 0.647. The van der Waals surface area contributed by atoms with Crippen LogP contribution in [-0.4, -0.2) is 32.9 Å². The predicted molar refractivity (Wildman–Crippen MR) is 84.4 cm³/mol. The molecule has 1 unspecified atom stereocenters. The Morgan fingerprint density at radius 3 is 2.55 bits per heavy atom. The Balaban J connectivity index is 2.18. The first-order chi connectivity index (χ1) is 9.63. The minimum absolute atomic E-state index is 0.417. The van der Waals surface area contributed by atoms with Gasteiger partial charge < -0.3 is 14.8 Å². The molecule has 3 heteroatoms. The van der Waals surface area contributed by atoms with E-state index in [9.17, 15) is 0 Å². The molecule has 1 atom stereocenters. The van der Waals surface area contributed by atoms with Gasteiger partial charge in [0.2, 0.25) is 0 Å². The molecule has 3 nitrogen and oxygen atoms in total. The molecule has 0 heterocycles. The largest absolute Gasteiger partial charge is 0.496 e. The van der Waals surface area contributed by atoms with Crippen LogP contribution in [0.1, 0.15) is 32.8 Å². The van der Waals surface area contributed by atoms with Crippen LogP contribution in [0.4, 0.5) is 0 Å². The number of hydrogen-bond acceptors (Lipinski definition) is 3. The van der Waals surface area contributed by atoms with E-state index in [1.807, 2.05) is 12.1 Å². The second-order valence-corrected chi connectivity index (χ2v) is 5.67. The average Bonchev–Trinajstić information content (AvgIpc) is 2.43. The zero-order valence-corrected chi connectivity index (χ0v) is 13.3. The maximum absolute atomic E-state index is 5.60.